The van der Waals surface area contributed by atoms with Gasteiger partial charge < -0.3 is 0 Å². The van der Waals surface area contributed by atoms with Crippen LogP contribution in [0.15, 0.2) is 22.1 Å². The molecule has 0 unspecified atom stereocenters. The van der Waals surface area contributed by atoms with Crippen molar-refractivity contribution in [3.05, 3.63) is 27.7 Å². The van der Waals surface area contributed by atoms with Gasteiger partial charge in [-0.25, -0.2) is 4.98 Å². The van der Waals surface area contributed by atoms with Crippen LogP contribution in [0, 0.1) is 6.92 Å². The molecular formula is C8H6BrNS. The van der Waals surface area contributed by atoms with Crippen molar-refractivity contribution < 1.29 is 0 Å². The van der Waals surface area contributed by atoms with Gasteiger partial charge in [-0.15, -0.1) is 11.3 Å². The Hall–Kier alpha value is -0.410. The maximum atomic E-state index is 4.29. The van der Waals surface area contributed by atoms with Crippen molar-refractivity contribution in [2.75, 3.05) is 0 Å². The van der Waals surface area contributed by atoms with E-state index in [1.54, 1.807) is 11.3 Å². The summed E-state index contributed by atoms with van der Waals surface area (Å²) in [5.41, 5.74) is 2.36. The highest BCUT2D eigenvalue weighted by atomic mass is 79.9. The molecule has 0 saturated carbocycles. The van der Waals surface area contributed by atoms with Crippen molar-refractivity contribution in [1.82, 2.24) is 4.98 Å². The number of aromatic nitrogens is 1. The molecule has 2 rings (SSSR count). The average molecular weight is 228 g/mol. The number of halogens is 1. The predicted octanol–water partition coefficient (Wildman–Crippen LogP) is 3.37. The second kappa shape index (κ2) is 2.57. The fourth-order valence-corrected chi connectivity index (χ4v) is 2.51. The zero-order valence-electron chi connectivity index (χ0n) is 5.97. The molecule has 0 N–H and O–H groups in total. The molecule has 56 valence electrons. The van der Waals surface area contributed by atoms with Gasteiger partial charge in [0.1, 0.15) is 0 Å². The number of aryl methyl sites for hydroxylation is 1. The lowest BCUT2D eigenvalue weighted by Crippen LogP contribution is -1.69. The molecule has 0 aliphatic carbocycles. The predicted molar refractivity (Wildman–Crippen MR) is 52.1 cm³/mol. The number of hydrogen-bond acceptors (Lipinski definition) is 2. The van der Waals surface area contributed by atoms with Crippen LogP contribution in [-0.4, -0.2) is 4.98 Å². The highest BCUT2D eigenvalue weighted by molar-refractivity contribution is 9.11. The lowest BCUT2D eigenvalue weighted by molar-refractivity contribution is 1.43. The minimum absolute atomic E-state index is 0.957. The molecule has 0 fully saturated rings. The molecular weight excluding hydrogens is 222 g/mol. The van der Waals surface area contributed by atoms with Crippen LogP contribution in [0.5, 0.6) is 0 Å². The second-order valence-corrected chi connectivity index (χ2v) is 4.74. The van der Waals surface area contributed by atoms with Crippen LogP contribution in [0.25, 0.3) is 10.2 Å². The van der Waals surface area contributed by atoms with Crippen molar-refractivity contribution in [2.24, 2.45) is 0 Å². The van der Waals surface area contributed by atoms with Crippen molar-refractivity contribution >= 4 is 37.5 Å². The molecule has 0 atom stereocenters. The highest BCUT2D eigenvalue weighted by Gasteiger charge is 1.99. The van der Waals surface area contributed by atoms with E-state index >= 15 is 0 Å². The van der Waals surface area contributed by atoms with E-state index in [4.69, 9.17) is 0 Å². The van der Waals surface area contributed by atoms with Crippen LogP contribution in [0.2, 0.25) is 0 Å². The van der Waals surface area contributed by atoms with E-state index in [9.17, 15) is 0 Å². The summed E-state index contributed by atoms with van der Waals surface area (Å²) < 4.78 is 2.20. The van der Waals surface area contributed by atoms with Gasteiger partial charge in [-0.05, 0) is 40.5 Å². The van der Waals surface area contributed by atoms with Crippen LogP contribution in [0.4, 0.5) is 0 Å². The summed E-state index contributed by atoms with van der Waals surface area (Å²) >= 11 is 5.03. The lowest BCUT2D eigenvalue weighted by Gasteiger charge is -1.88. The third-order valence-electron chi connectivity index (χ3n) is 1.52. The Bertz CT molecular complexity index is 394. The summed E-state index contributed by atoms with van der Waals surface area (Å²) in [4.78, 5) is 4.29. The van der Waals surface area contributed by atoms with E-state index in [0.717, 1.165) is 9.43 Å². The van der Waals surface area contributed by atoms with Gasteiger partial charge in [-0.1, -0.05) is 6.07 Å². The van der Waals surface area contributed by atoms with Gasteiger partial charge in [-0.3, -0.25) is 0 Å². The molecule has 0 bridgehead atoms. The quantitative estimate of drug-likeness (QED) is 0.673. The Morgan fingerprint density at radius 3 is 3.09 bits per heavy atom. The van der Waals surface area contributed by atoms with E-state index in [1.165, 1.54) is 10.3 Å². The molecule has 11 heavy (non-hydrogen) atoms. The molecule has 0 aliphatic rings. The molecule has 1 aromatic heterocycles. The monoisotopic (exact) mass is 227 g/mol. The van der Waals surface area contributed by atoms with E-state index in [1.807, 2.05) is 6.07 Å². The van der Waals surface area contributed by atoms with Gasteiger partial charge in [0.05, 0.1) is 10.2 Å². The van der Waals surface area contributed by atoms with Crippen LogP contribution >= 0.6 is 27.3 Å². The summed E-state index contributed by atoms with van der Waals surface area (Å²) in [6.07, 6.45) is 0. The number of benzene rings is 1. The zero-order chi connectivity index (χ0) is 7.84. The SMILES string of the molecule is Cc1ccc2nc(Br)sc2c1. The lowest BCUT2D eigenvalue weighted by atomic mass is 10.2. The van der Waals surface area contributed by atoms with E-state index < -0.39 is 0 Å². The standard InChI is InChI=1S/C8H6BrNS/c1-5-2-3-6-7(4-5)11-8(9)10-6/h2-4H,1H3. The molecule has 2 aromatic rings. The third kappa shape index (κ3) is 1.30. The molecule has 0 radical (unpaired) electrons. The Morgan fingerprint density at radius 1 is 1.45 bits per heavy atom. The average Bonchev–Trinajstić information content (AvgIpc) is 2.27. The number of fused-ring (bicyclic) bond motifs is 1. The molecule has 0 spiro atoms. The molecule has 1 heterocycles. The Balaban J connectivity index is 2.82. The van der Waals surface area contributed by atoms with Gasteiger partial charge in [0.15, 0.2) is 3.92 Å². The van der Waals surface area contributed by atoms with E-state index in [-0.39, 0.29) is 0 Å². The highest BCUT2D eigenvalue weighted by Crippen LogP contribution is 2.26. The summed E-state index contributed by atoms with van der Waals surface area (Å²) in [5.74, 6) is 0. The smallest absolute Gasteiger partial charge is 0.160 e. The normalized spacial score (nSPS) is 10.7. The largest absolute Gasteiger partial charge is 0.229 e. The first-order valence-electron chi connectivity index (χ1n) is 3.28. The number of thiazole rings is 1. The molecule has 0 aliphatic heterocycles. The van der Waals surface area contributed by atoms with Gasteiger partial charge in [0.2, 0.25) is 0 Å². The molecule has 0 amide bonds. The molecule has 3 heteroatoms. The first-order valence-corrected chi connectivity index (χ1v) is 4.89. The Labute approximate surface area is 77.2 Å². The summed E-state index contributed by atoms with van der Waals surface area (Å²) in [6, 6.07) is 6.28. The maximum Gasteiger partial charge on any atom is 0.160 e. The second-order valence-electron chi connectivity index (χ2n) is 2.44. The summed E-state index contributed by atoms with van der Waals surface area (Å²) in [7, 11) is 0. The van der Waals surface area contributed by atoms with Crippen LogP contribution < -0.4 is 0 Å². The summed E-state index contributed by atoms with van der Waals surface area (Å²) in [5, 5.41) is 0. The minimum Gasteiger partial charge on any atom is -0.229 e. The number of rotatable bonds is 0. The first-order chi connectivity index (χ1) is 5.25. The fourth-order valence-electron chi connectivity index (χ4n) is 1.00. The van der Waals surface area contributed by atoms with Gasteiger partial charge in [0.25, 0.3) is 0 Å². The maximum absolute atomic E-state index is 4.29. The van der Waals surface area contributed by atoms with Crippen molar-refractivity contribution in [2.45, 2.75) is 6.92 Å². The molecule has 0 saturated heterocycles. The van der Waals surface area contributed by atoms with Gasteiger partial charge in [0, 0.05) is 0 Å². The first kappa shape index (κ1) is 7.25. The van der Waals surface area contributed by atoms with Gasteiger partial charge >= 0.3 is 0 Å². The molecule has 1 nitrogen and oxygen atoms in total. The van der Waals surface area contributed by atoms with E-state index in [0.29, 0.717) is 0 Å². The van der Waals surface area contributed by atoms with Crippen molar-refractivity contribution in [1.29, 1.82) is 0 Å². The molecule has 1 aromatic carbocycles. The van der Waals surface area contributed by atoms with Gasteiger partial charge in [-0.2, -0.15) is 0 Å². The topological polar surface area (TPSA) is 12.9 Å². The Morgan fingerprint density at radius 2 is 2.27 bits per heavy atom. The Kier molecular flexibility index (Phi) is 1.69. The van der Waals surface area contributed by atoms with Crippen LogP contribution in [0.1, 0.15) is 5.56 Å². The van der Waals surface area contributed by atoms with Crippen LogP contribution in [-0.2, 0) is 0 Å². The van der Waals surface area contributed by atoms with Crippen molar-refractivity contribution in [3.63, 3.8) is 0 Å². The minimum atomic E-state index is 0.957. The van der Waals surface area contributed by atoms with Crippen molar-refractivity contribution in [3.8, 4) is 0 Å². The third-order valence-corrected chi connectivity index (χ3v) is 2.99. The summed E-state index contributed by atoms with van der Waals surface area (Å²) in [6.45, 7) is 2.09. The van der Waals surface area contributed by atoms with E-state index in [2.05, 4.69) is 40.0 Å². The zero-order valence-corrected chi connectivity index (χ0v) is 8.37. The number of nitrogens with zero attached hydrogens (tertiary/aromatic N) is 1. The fraction of sp³-hybridized carbons (Fsp3) is 0.125. The van der Waals surface area contributed by atoms with Crippen LogP contribution in [0.3, 0.4) is 0 Å². The number of hydrogen-bond donors (Lipinski definition) is 0.